The van der Waals surface area contributed by atoms with E-state index in [9.17, 15) is 18.0 Å². The fourth-order valence-electron chi connectivity index (χ4n) is 2.34. The van der Waals surface area contributed by atoms with Crippen molar-refractivity contribution in [3.8, 4) is 0 Å². The quantitative estimate of drug-likeness (QED) is 0.733. The molecule has 1 atom stereocenters. The molecule has 144 valence electrons. The lowest BCUT2D eigenvalue weighted by Crippen LogP contribution is -2.30. The normalized spacial score (nSPS) is 12.3. The maximum atomic E-state index is 12.1. The molecular formula is C19H22N2O5S. The third-order valence-electron chi connectivity index (χ3n) is 4.05. The second-order valence-corrected chi connectivity index (χ2v) is 7.85. The second kappa shape index (κ2) is 8.32. The van der Waals surface area contributed by atoms with Gasteiger partial charge in [0.1, 0.15) is 0 Å². The first-order valence-electron chi connectivity index (χ1n) is 8.25. The molecular weight excluding hydrogens is 368 g/mol. The van der Waals surface area contributed by atoms with E-state index in [0.717, 1.165) is 16.7 Å². The first-order chi connectivity index (χ1) is 12.6. The van der Waals surface area contributed by atoms with Gasteiger partial charge in [0.05, 0.1) is 11.3 Å². The van der Waals surface area contributed by atoms with Crippen molar-refractivity contribution < 1.29 is 22.7 Å². The Labute approximate surface area is 158 Å². The highest BCUT2D eigenvalue weighted by molar-refractivity contribution is 7.89. The predicted molar refractivity (Wildman–Crippen MR) is 102 cm³/mol. The van der Waals surface area contributed by atoms with Crippen LogP contribution in [0.4, 0.5) is 5.69 Å². The molecule has 2 aromatic rings. The number of anilines is 1. The van der Waals surface area contributed by atoms with Crippen molar-refractivity contribution in [3.63, 3.8) is 0 Å². The number of hydrogen-bond donors (Lipinski definition) is 2. The zero-order chi connectivity index (χ0) is 20.2. The number of benzene rings is 2. The van der Waals surface area contributed by atoms with Crippen molar-refractivity contribution in [2.24, 2.45) is 5.14 Å². The van der Waals surface area contributed by atoms with Gasteiger partial charge in [-0.15, -0.1) is 0 Å². The number of carbonyl (C=O) groups is 2. The van der Waals surface area contributed by atoms with Crippen LogP contribution in [0.5, 0.6) is 0 Å². The Morgan fingerprint density at radius 3 is 2.26 bits per heavy atom. The number of amides is 1. The molecule has 0 aromatic heterocycles. The van der Waals surface area contributed by atoms with Gasteiger partial charge < -0.3 is 10.1 Å². The van der Waals surface area contributed by atoms with Gasteiger partial charge in [-0.05, 0) is 61.7 Å². The van der Waals surface area contributed by atoms with Gasteiger partial charge in [-0.3, -0.25) is 9.59 Å². The number of esters is 1. The van der Waals surface area contributed by atoms with Gasteiger partial charge in [0.15, 0.2) is 6.10 Å². The highest BCUT2D eigenvalue weighted by atomic mass is 32.2. The minimum atomic E-state index is -3.80. The summed E-state index contributed by atoms with van der Waals surface area (Å²) < 4.78 is 27.6. The molecule has 0 fully saturated rings. The predicted octanol–water partition coefficient (Wildman–Crippen LogP) is 2.06. The van der Waals surface area contributed by atoms with E-state index in [2.05, 4.69) is 5.32 Å². The Balaban J connectivity index is 1.92. The standard InChI is InChI=1S/C19H22N2O5S/c1-12-4-5-15(10-13(12)2)11-18(22)26-14(3)19(23)21-16-6-8-17(9-7-16)27(20,24)25/h4-10,14H,11H2,1-3H3,(H,21,23)(H2,20,24,25)/t14-/m0/s1. The number of ether oxygens (including phenoxy) is 1. The van der Waals surface area contributed by atoms with Crippen LogP contribution < -0.4 is 10.5 Å². The van der Waals surface area contributed by atoms with Crippen LogP contribution in [0.3, 0.4) is 0 Å². The van der Waals surface area contributed by atoms with Gasteiger partial charge in [-0.1, -0.05) is 18.2 Å². The van der Waals surface area contributed by atoms with Crippen LogP contribution >= 0.6 is 0 Å². The van der Waals surface area contributed by atoms with Gasteiger partial charge in [-0.2, -0.15) is 0 Å². The Hall–Kier alpha value is -2.71. The summed E-state index contributed by atoms with van der Waals surface area (Å²) in [6.07, 6.45) is -0.927. The molecule has 2 rings (SSSR count). The number of aryl methyl sites for hydroxylation is 2. The first kappa shape index (κ1) is 20.6. The van der Waals surface area contributed by atoms with E-state index in [1.165, 1.54) is 31.2 Å². The maximum absolute atomic E-state index is 12.1. The molecule has 0 saturated carbocycles. The minimum Gasteiger partial charge on any atom is -0.452 e. The number of nitrogens with one attached hydrogen (secondary N) is 1. The largest absolute Gasteiger partial charge is 0.452 e. The fourth-order valence-corrected chi connectivity index (χ4v) is 2.86. The Morgan fingerprint density at radius 1 is 1.07 bits per heavy atom. The molecule has 27 heavy (non-hydrogen) atoms. The van der Waals surface area contributed by atoms with Crippen molar-refractivity contribution in [2.45, 2.75) is 38.2 Å². The summed E-state index contributed by atoms with van der Waals surface area (Å²) >= 11 is 0. The lowest BCUT2D eigenvalue weighted by atomic mass is 10.0. The lowest BCUT2D eigenvalue weighted by molar-refractivity contribution is -0.152. The number of rotatable bonds is 6. The van der Waals surface area contributed by atoms with Gasteiger partial charge >= 0.3 is 5.97 Å². The molecule has 0 bridgehead atoms. The van der Waals surface area contributed by atoms with Crippen molar-refractivity contribution >= 4 is 27.6 Å². The Morgan fingerprint density at radius 2 is 1.70 bits per heavy atom. The van der Waals surface area contributed by atoms with Crippen molar-refractivity contribution in [1.29, 1.82) is 0 Å². The molecule has 0 unspecified atom stereocenters. The molecule has 7 nitrogen and oxygen atoms in total. The highest BCUT2D eigenvalue weighted by Crippen LogP contribution is 2.14. The molecule has 0 aliphatic heterocycles. The van der Waals surface area contributed by atoms with E-state index in [0.29, 0.717) is 5.69 Å². The van der Waals surface area contributed by atoms with Crippen molar-refractivity contribution in [3.05, 3.63) is 59.2 Å². The van der Waals surface area contributed by atoms with Crippen LogP contribution in [0.1, 0.15) is 23.6 Å². The van der Waals surface area contributed by atoms with Crippen LogP contribution in [0.25, 0.3) is 0 Å². The molecule has 2 aromatic carbocycles. The molecule has 0 aliphatic carbocycles. The first-order valence-corrected chi connectivity index (χ1v) is 9.80. The number of primary sulfonamides is 1. The number of nitrogens with two attached hydrogens (primary N) is 1. The van der Waals surface area contributed by atoms with Crippen LogP contribution in [-0.2, 0) is 30.8 Å². The van der Waals surface area contributed by atoms with E-state index < -0.39 is 28.0 Å². The van der Waals surface area contributed by atoms with Crippen molar-refractivity contribution in [1.82, 2.24) is 0 Å². The summed E-state index contributed by atoms with van der Waals surface area (Å²) in [4.78, 5) is 24.1. The zero-order valence-electron chi connectivity index (χ0n) is 15.4. The third kappa shape index (κ3) is 5.90. The second-order valence-electron chi connectivity index (χ2n) is 6.29. The summed E-state index contributed by atoms with van der Waals surface area (Å²) in [5.41, 5.74) is 3.39. The zero-order valence-corrected chi connectivity index (χ0v) is 16.2. The Kier molecular flexibility index (Phi) is 6.35. The minimum absolute atomic E-state index is 0.0617. The summed E-state index contributed by atoms with van der Waals surface area (Å²) in [6, 6.07) is 11.1. The molecule has 0 aliphatic rings. The lowest BCUT2D eigenvalue weighted by Gasteiger charge is -2.14. The van der Waals surface area contributed by atoms with Crippen LogP contribution in [0.15, 0.2) is 47.4 Å². The van der Waals surface area contributed by atoms with E-state index in [1.807, 2.05) is 32.0 Å². The summed E-state index contributed by atoms with van der Waals surface area (Å²) in [5.74, 6) is -1.03. The molecule has 0 heterocycles. The smallest absolute Gasteiger partial charge is 0.311 e. The van der Waals surface area contributed by atoms with Crippen LogP contribution in [-0.4, -0.2) is 26.4 Å². The number of hydrogen-bond acceptors (Lipinski definition) is 5. The number of carbonyl (C=O) groups excluding carboxylic acids is 2. The molecule has 3 N–H and O–H groups in total. The van der Waals surface area contributed by atoms with Gasteiger partial charge in [-0.25, -0.2) is 13.6 Å². The SMILES string of the molecule is Cc1ccc(CC(=O)O[C@@H](C)C(=O)Nc2ccc(S(N)(=O)=O)cc2)cc1C. The Bertz CT molecular complexity index is 953. The van der Waals surface area contributed by atoms with Gasteiger partial charge in [0, 0.05) is 5.69 Å². The average Bonchev–Trinajstić information content (AvgIpc) is 2.57. The van der Waals surface area contributed by atoms with E-state index >= 15 is 0 Å². The monoisotopic (exact) mass is 390 g/mol. The fraction of sp³-hybridized carbons (Fsp3) is 0.263. The summed E-state index contributed by atoms with van der Waals surface area (Å²) in [7, 11) is -3.80. The molecule has 8 heteroatoms. The molecule has 0 saturated heterocycles. The van der Waals surface area contributed by atoms with E-state index in [-0.39, 0.29) is 11.3 Å². The molecule has 1 amide bonds. The van der Waals surface area contributed by atoms with Crippen LogP contribution in [0.2, 0.25) is 0 Å². The third-order valence-corrected chi connectivity index (χ3v) is 4.98. The maximum Gasteiger partial charge on any atom is 0.311 e. The number of sulfonamides is 1. The summed E-state index contributed by atoms with van der Waals surface area (Å²) in [5, 5.41) is 7.57. The molecule has 0 radical (unpaired) electrons. The summed E-state index contributed by atoms with van der Waals surface area (Å²) in [6.45, 7) is 5.41. The average molecular weight is 390 g/mol. The van der Waals surface area contributed by atoms with Gasteiger partial charge in [0.2, 0.25) is 10.0 Å². The van der Waals surface area contributed by atoms with Gasteiger partial charge in [0.25, 0.3) is 5.91 Å². The van der Waals surface area contributed by atoms with Crippen molar-refractivity contribution in [2.75, 3.05) is 5.32 Å². The van der Waals surface area contributed by atoms with Crippen LogP contribution in [0, 0.1) is 13.8 Å². The highest BCUT2D eigenvalue weighted by Gasteiger charge is 2.18. The van der Waals surface area contributed by atoms with E-state index in [1.54, 1.807) is 0 Å². The van der Waals surface area contributed by atoms with E-state index in [4.69, 9.17) is 9.88 Å². The topological polar surface area (TPSA) is 116 Å². The molecule has 0 spiro atoms.